The van der Waals surface area contributed by atoms with E-state index in [0.717, 1.165) is 11.1 Å². The second kappa shape index (κ2) is 7.33. The van der Waals surface area contributed by atoms with Crippen LogP contribution in [0.1, 0.15) is 37.9 Å². The summed E-state index contributed by atoms with van der Waals surface area (Å²) in [7, 11) is 0. The Kier molecular flexibility index (Phi) is 5.45. The van der Waals surface area contributed by atoms with E-state index in [0.29, 0.717) is 24.6 Å². The van der Waals surface area contributed by atoms with Crippen molar-refractivity contribution in [1.82, 2.24) is 4.98 Å². The zero-order valence-electron chi connectivity index (χ0n) is 13.6. The average Bonchev–Trinajstić information content (AvgIpc) is 2.93. The number of allylic oxidation sites excluding steroid dienone is 2. The fourth-order valence-electron chi connectivity index (χ4n) is 1.96. The molecule has 0 aliphatic heterocycles. The van der Waals surface area contributed by atoms with Crippen LogP contribution in [0.3, 0.4) is 0 Å². The molecule has 2 rings (SSSR count). The van der Waals surface area contributed by atoms with E-state index in [-0.39, 0.29) is 5.82 Å². The highest BCUT2D eigenvalue weighted by atomic mass is 19.1. The molecule has 0 aliphatic carbocycles. The Morgan fingerprint density at radius 3 is 2.65 bits per heavy atom. The normalized spacial score (nSPS) is 13.0. The molecular weight excluding hydrogens is 295 g/mol. The van der Waals surface area contributed by atoms with Crippen molar-refractivity contribution in [3.63, 3.8) is 0 Å². The molecule has 1 N–H and O–H groups in total. The van der Waals surface area contributed by atoms with Gasteiger partial charge in [0.1, 0.15) is 17.8 Å². The van der Waals surface area contributed by atoms with Crippen molar-refractivity contribution in [2.24, 2.45) is 4.99 Å². The molecule has 5 heteroatoms. The van der Waals surface area contributed by atoms with E-state index in [2.05, 4.69) is 9.98 Å². The van der Waals surface area contributed by atoms with Gasteiger partial charge in [-0.3, -0.25) is 4.99 Å². The zero-order valence-corrected chi connectivity index (χ0v) is 13.6. The first kappa shape index (κ1) is 17.1. The Balaban J connectivity index is 2.06. The van der Waals surface area contributed by atoms with Gasteiger partial charge in [-0.1, -0.05) is 18.2 Å². The number of hydrogen-bond donors (Lipinski definition) is 1. The van der Waals surface area contributed by atoms with E-state index >= 15 is 0 Å². The highest BCUT2D eigenvalue weighted by molar-refractivity contribution is 6.08. The SMILES string of the molecule is CC=C(C=NCC(C)(C)O)c1coc(Cc2ccc(F)cc2)n1. The summed E-state index contributed by atoms with van der Waals surface area (Å²) in [5.74, 6) is 0.294. The molecule has 1 heterocycles. The van der Waals surface area contributed by atoms with Crippen molar-refractivity contribution in [3.05, 3.63) is 59.6 Å². The fourth-order valence-corrected chi connectivity index (χ4v) is 1.96. The topological polar surface area (TPSA) is 58.6 Å². The molecule has 1 aromatic heterocycles. The van der Waals surface area contributed by atoms with Gasteiger partial charge in [0.05, 0.1) is 12.1 Å². The highest BCUT2D eigenvalue weighted by Crippen LogP contribution is 2.15. The summed E-state index contributed by atoms with van der Waals surface area (Å²) >= 11 is 0. The first-order valence-electron chi connectivity index (χ1n) is 7.45. The summed E-state index contributed by atoms with van der Waals surface area (Å²) in [4.78, 5) is 8.66. The molecule has 0 saturated carbocycles. The summed E-state index contributed by atoms with van der Waals surface area (Å²) in [6, 6.07) is 6.25. The maximum absolute atomic E-state index is 12.9. The molecule has 4 nitrogen and oxygen atoms in total. The minimum Gasteiger partial charge on any atom is -0.448 e. The van der Waals surface area contributed by atoms with Gasteiger partial charge in [-0.2, -0.15) is 0 Å². The molecule has 0 atom stereocenters. The van der Waals surface area contributed by atoms with Crippen LogP contribution in [-0.4, -0.2) is 28.5 Å². The summed E-state index contributed by atoms with van der Waals surface area (Å²) in [6.45, 7) is 5.61. The number of halogens is 1. The van der Waals surface area contributed by atoms with Crippen LogP contribution in [0, 0.1) is 5.82 Å². The van der Waals surface area contributed by atoms with E-state index in [1.807, 2.05) is 13.0 Å². The van der Waals surface area contributed by atoms with Gasteiger partial charge in [-0.15, -0.1) is 0 Å². The molecule has 23 heavy (non-hydrogen) atoms. The van der Waals surface area contributed by atoms with Gasteiger partial charge in [0.25, 0.3) is 0 Å². The molecule has 0 amide bonds. The van der Waals surface area contributed by atoms with Gasteiger partial charge in [0.2, 0.25) is 0 Å². The van der Waals surface area contributed by atoms with Crippen LogP contribution < -0.4 is 0 Å². The number of oxazole rings is 1. The molecule has 0 bridgehead atoms. The number of hydrogen-bond acceptors (Lipinski definition) is 4. The van der Waals surface area contributed by atoms with Gasteiger partial charge in [0.15, 0.2) is 5.89 Å². The molecule has 1 aromatic carbocycles. The lowest BCUT2D eigenvalue weighted by molar-refractivity contribution is 0.0906. The van der Waals surface area contributed by atoms with E-state index < -0.39 is 5.60 Å². The van der Waals surface area contributed by atoms with Crippen molar-refractivity contribution in [2.45, 2.75) is 32.8 Å². The number of nitrogens with zero attached hydrogens (tertiary/aromatic N) is 2. The van der Waals surface area contributed by atoms with Crippen LogP contribution in [0.4, 0.5) is 4.39 Å². The standard InChI is InChI=1S/C18H21FN2O2/c1-4-14(10-20-12-18(2,3)22)16-11-23-17(21-16)9-13-5-7-15(19)8-6-13/h4-8,10-11,22H,9,12H2,1-3H3. The summed E-state index contributed by atoms with van der Waals surface area (Å²) in [5, 5.41) is 9.67. The third-order valence-corrected chi connectivity index (χ3v) is 3.14. The molecular formula is C18H21FN2O2. The van der Waals surface area contributed by atoms with Crippen LogP contribution >= 0.6 is 0 Å². The molecule has 2 aromatic rings. The summed E-state index contributed by atoms with van der Waals surface area (Å²) in [5.41, 5.74) is 1.59. The van der Waals surface area contributed by atoms with E-state index in [9.17, 15) is 9.50 Å². The minimum atomic E-state index is -0.840. The molecule has 0 radical (unpaired) electrons. The number of benzene rings is 1. The smallest absolute Gasteiger partial charge is 0.198 e. The van der Waals surface area contributed by atoms with Crippen LogP contribution in [0.2, 0.25) is 0 Å². The van der Waals surface area contributed by atoms with Gasteiger partial charge >= 0.3 is 0 Å². The zero-order chi connectivity index (χ0) is 16.9. The van der Waals surface area contributed by atoms with Crippen molar-refractivity contribution in [1.29, 1.82) is 0 Å². The Morgan fingerprint density at radius 1 is 1.35 bits per heavy atom. The van der Waals surface area contributed by atoms with Gasteiger partial charge in [0, 0.05) is 18.2 Å². The Hall–Kier alpha value is -2.27. The third kappa shape index (κ3) is 5.45. The number of aliphatic hydroxyl groups is 1. The van der Waals surface area contributed by atoms with E-state index in [1.54, 1.807) is 38.5 Å². The largest absolute Gasteiger partial charge is 0.448 e. The summed E-state index contributed by atoms with van der Waals surface area (Å²) in [6.07, 6.45) is 5.63. The molecule has 0 fully saturated rings. The summed E-state index contributed by atoms with van der Waals surface area (Å²) < 4.78 is 18.4. The average molecular weight is 316 g/mol. The highest BCUT2D eigenvalue weighted by Gasteiger charge is 2.11. The lowest BCUT2D eigenvalue weighted by Crippen LogP contribution is -2.22. The Morgan fingerprint density at radius 2 is 2.04 bits per heavy atom. The van der Waals surface area contributed by atoms with Gasteiger partial charge < -0.3 is 9.52 Å². The molecule has 0 spiro atoms. The molecule has 122 valence electrons. The second-order valence-electron chi connectivity index (χ2n) is 5.96. The quantitative estimate of drug-likeness (QED) is 0.828. The predicted molar refractivity (Wildman–Crippen MR) is 89.0 cm³/mol. The lowest BCUT2D eigenvalue weighted by Gasteiger charge is -2.12. The molecule has 0 aliphatic rings. The van der Waals surface area contributed by atoms with E-state index in [1.165, 1.54) is 12.1 Å². The van der Waals surface area contributed by atoms with Crippen molar-refractivity contribution >= 4 is 11.8 Å². The first-order chi connectivity index (χ1) is 10.9. The number of aliphatic imine (C=N–C) groups is 1. The fraction of sp³-hybridized carbons (Fsp3) is 0.333. The van der Waals surface area contributed by atoms with E-state index in [4.69, 9.17) is 4.42 Å². The Bertz CT molecular complexity index is 695. The molecule has 0 unspecified atom stereocenters. The van der Waals surface area contributed by atoms with Crippen molar-refractivity contribution < 1.29 is 13.9 Å². The van der Waals surface area contributed by atoms with Crippen LogP contribution in [0.15, 0.2) is 46.0 Å². The molecule has 0 saturated heterocycles. The van der Waals surface area contributed by atoms with Crippen LogP contribution in [0.5, 0.6) is 0 Å². The number of rotatable bonds is 6. The lowest BCUT2D eigenvalue weighted by atomic mass is 10.1. The van der Waals surface area contributed by atoms with Crippen LogP contribution in [-0.2, 0) is 6.42 Å². The predicted octanol–water partition coefficient (Wildman–Crippen LogP) is 3.65. The van der Waals surface area contributed by atoms with Crippen molar-refractivity contribution in [3.8, 4) is 0 Å². The van der Waals surface area contributed by atoms with Gasteiger partial charge in [-0.25, -0.2) is 9.37 Å². The first-order valence-corrected chi connectivity index (χ1v) is 7.45. The maximum Gasteiger partial charge on any atom is 0.198 e. The Labute approximate surface area is 135 Å². The maximum atomic E-state index is 12.9. The number of aromatic nitrogens is 1. The van der Waals surface area contributed by atoms with Crippen LogP contribution in [0.25, 0.3) is 5.57 Å². The minimum absolute atomic E-state index is 0.263. The van der Waals surface area contributed by atoms with Crippen molar-refractivity contribution in [2.75, 3.05) is 6.54 Å². The monoisotopic (exact) mass is 316 g/mol. The second-order valence-corrected chi connectivity index (χ2v) is 5.96. The van der Waals surface area contributed by atoms with Gasteiger partial charge in [-0.05, 0) is 38.5 Å². The third-order valence-electron chi connectivity index (χ3n) is 3.14.